The number of hydrogen-bond acceptors (Lipinski definition) is 3. The quantitative estimate of drug-likeness (QED) is 0.833. The maximum Gasteiger partial charge on any atom is 0.271 e. The Kier molecular flexibility index (Phi) is 4.73. The molecule has 0 aliphatic carbocycles. The van der Waals surface area contributed by atoms with E-state index in [4.69, 9.17) is 0 Å². The van der Waals surface area contributed by atoms with Crippen LogP contribution in [0.4, 0.5) is 0 Å². The lowest BCUT2D eigenvalue weighted by Crippen LogP contribution is -2.26. The van der Waals surface area contributed by atoms with Gasteiger partial charge in [-0.2, -0.15) is 0 Å². The minimum atomic E-state index is -0.0794. The van der Waals surface area contributed by atoms with Crippen molar-refractivity contribution in [1.82, 2.24) is 19.6 Å². The zero-order valence-electron chi connectivity index (χ0n) is 13.2. The summed E-state index contributed by atoms with van der Waals surface area (Å²) in [5.41, 5.74) is 2.39. The first-order valence-electron chi connectivity index (χ1n) is 8.19. The number of fused-ring (bicyclic) bond motifs is 1. The van der Waals surface area contributed by atoms with Crippen molar-refractivity contribution in [1.29, 1.82) is 0 Å². The molecule has 3 heterocycles. The number of carbonyl (C=O) groups is 1. The summed E-state index contributed by atoms with van der Waals surface area (Å²) in [4.78, 5) is 19.0. The van der Waals surface area contributed by atoms with E-state index in [1.54, 1.807) is 0 Å². The second-order valence-electron chi connectivity index (χ2n) is 6.03. The molecule has 2 aromatic rings. The number of unbranched alkanes of at least 4 members (excludes halogenated alkanes) is 1. The van der Waals surface area contributed by atoms with Gasteiger partial charge in [-0.15, -0.1) is 0 Å². The Morgan fingerprint density at radius 3 is 2.86 bits per heavy atom. The van der Waals surface area contributed by atoms with E-state index in [0.29, 0.717) is 5.69 Å². The highest BCUT2D eigenvalue weighted by Crippen LogP contribution is 2.09. The van der Waals surface area contributed by atoms with Crippen molar-refractivity contribution in [2.24, 2.45) is 0 Å². The molecule has 0 saturated carbocycles. The van der Waals surface area contributed by atoms with Gasteiger partial charge in [0.05, 0.1) is 0 Å². The number of carbonyl (C=O) groups excluding carboxylic acids is 1. The van der Waals surface area contributed by atoms with Crippen LogP contribution >= 0.6 is 0 Å². The van der Waals surface area contributed by atoms with Gasteiger partial charge in [0, 0.05) is 18.4 Å². The third-order valence-electron chi connectivity index (χ3n) is 4.31. The molecule has 1 aliphatic rings. The van der Waals surface area contributed by atoms with Crippen LogP contribution in [0.1, 0.15) is 41.9 Å². The van der Waals surface area contributed by atoms with Crippen LogP contribution in [0, 0.1) is 6.92 Å². The van der Waals surface area contributed by atoms with Gasteiger partial charge in [0.25, 0.3) is 5.91 Å². The van der Waals surface area contributed by atoms with E-state index in [2.05, 4.69) is 15.2 Å². The first-order chi connectivity index (χ1) is 10.7. The Hall–Kier alpha value is -1.88. The normalized spacial score (nSPS) is 15.5. The molecule has 0 radical (unpaired) electrons. The number of nitrogens with one attached hydrogen (secondary N) is 1. The topological polar surface area (TPSA) is 49.6 Å². The van der Waals surface area contributed by atoms with Gasteiger partial charge in [0.1, 0.15) is 11.3 Å². The molecule has 5 nitrogen and oxygen atoms in total. The number of aryl methyl sites for hydroxylation is 1. The Bertz CT molecular complexity index is 643. The van der Waals surface area contributed by atoms with Crippen LogP contribution in [0.2, 0.25) is 0 Å². The average Bonchev–Trinajstić information content (AvgIpc) is 3.16. The molecular formula is C17H24N4O. The molecule has 1 N–H and O–H groups in total. The van der Waals surface area contributed by atoms with Gasteiger partial charge in [0.15, 0.2) is 0 Å². The third kappa shape index (κ3) is 3.47. The van der Waals surface area contributed by atoms with E-state index in [1.165, 1.54) is 25.9 Å². The van der Waals surface area contributed by atoms with Gasteiger partial charge in [0.2, 0.25) is 0 Å². The summed E-state index contributed by atoms with van der Waals surface area (Å²) < 4.78 is 1.95. The second kappa shape index (κ2) is 6.92. The minimum absolute atomic E-state index is 0.0794. The van der Waals surface area contributed by atoms with Gasteiger partial charge in [-0.3, -0.25) is 4.79 Å². The molecule has 118 valence electrons. The molecule has 2 aromatic heterocycles. The largest absolute Gasteiger partial charge is 0.351 e. The van der Waals surface area contributed by atoms with E-state index in [-0.39, 0.29) is 5.91 Å². The Labute approximate surface area is 131 Å². The van der Waals surface area contributed by atoms with E-state index in [9.17, 15) is 4.79 Å². The molecule has 0 atom stereocenters. The number of hydrogen-bond donors (Lipinski definition) is 1. The minimum Gasteiger partial charge on any atom is -0.351 e. The highest BCUT2D eigenvalue weighted by molar-refractivity contribution is 5.92. The van der Waals surface area contributed by atoms with Crippen LogP contribution < -0.4 is 5.32 Å². The zero-order valence-corrected chi connectivity index (χ0v) is 13.2. The molecule has 0 aromatic carbocycles. The molecule has 3 rings (SSSR count). The highest BCUT2D eigenvalue weighted by atomic mass is 16.1. The zero-order chi connectivity index (χ0) is 15.4. The summed E-state index contributed by atoms with van der Waals surface area (Å²) in [6.45, 7) is 6.37. The summed E-state index contributed by atoms with van der Waals surface area (Å²) in [5.74, 6) is -0.0794. The second-order valence-corrected chi connectivity index (χ2v) is 6.03. The molecule has 1 aliphatic heterocycles. The number of imidazole rings is 1. The lowest BCUT2D eigenvalue weighted by molar-refractivity contribution is 0.0948. The standard InChI is InChI=1S/C17H24N4O/c1-14-7-6-8-16-19-15(13-21(14)16)17(22)18-9-2-3-10-20-11-4-5-12-20/h6-8,13H,2-5,9-12H2,1H3,(H,18,22). The number of rotatable bonds is 6. The van der Waals surface area contributed by atoms with E-state index >= 15 is 0 Å². The van der Waals surface area contributed by atoms with Crippen molar-refractivity contribution in [2.75, 3.05) is 26.2 Å². The highest BCUT2D eigenvalue weighted by Gasteiger charge is 2.12. The first kappa shape index (κ1) is 15.0. The molecular weight excluding hydrogens is 276 g/mol. The molecule has 0 unspecified atom stereocenters. The maximum absolute atomic E-state index is 12.1. The molecule has 1 amide bonds. The van der Waals surface area contributed by atoms with Crippen molar-refractivity contribution >= 4 is 11.6 Å². The van der Waals surface area contributed by atoms with Gasteiger partial charge in [-0.05, 0) is 64.4 Å². The van der Waals surface area contributed by atoms with Crippen LogP contribution in [0.15, 0.2) is 24.4 Å². The first-order valence-corrected chi connectivity index (χ1v) is 8.19. The van der Waals surface area contributed by atoms with Crippen LogP contribution in [0.3, 0.4) is 0 Å². The van der Waals surface area contributed by atoms with E-state index < -0.39 is 0 Å². The molecule has 22 heavy (non-hydrogen) atoms. The van der Waals surface area contributed by atoms with Crippen molar-refractivity contribution in [3.63, 3.8) is 0 Å². The summed E-state index contributed by atoms with van der Waals surface area (Å²) in [6, 6.07) is 5.88. The van der Waals surface area contributed by atoms with E-state index in [0.717, 1.165) is 37.3 Å². The lowest BCUT2D eigenvalue weighted by Gasteiger charge is -2.13. The van der Waals surface area contributed by atoms with Crippen LogP contribution in [0.5, 0.6) is 0 Å². The number of amides is 1. The van der Waals surface area contributed by atoms with Gasteiger partial charge in [-0.25, -0.2) is 4.98 Å². The smallest absolute Gasteiger partial charge is 0.271 e. The Morgan fingerprint density at radius 2 is 2.09 bits per heavy atom. The van der Waals surface area contributed by atoms with Gasteiger partial charge in [-0.1, -0.05) is 6.07 Å². The number of aromatic nitrogens is 2. The molecule has 1 saturated heterocycles. The fourth-order valence-corrected chi connectivity index (χ4v) is 3.02. The monoisotopic (exact) mass is 300 g/mol. The number of nitrogens with zero attached hydrogens (tertiary/aromatic N) is 3. The molecule has 5 heteroatoms. The third-order valence-corrected chi connectivity index (χ3v) is 4.31. The van der Waals surface area contributed by atoms with Crippen LogP contribution in [-0.2, 0) is 0 Å². The maximum atomic E-state index is 12.1. The number of pyridine rings is 1. The van der Waals surface area contributed by atoms with Crippen molar-refractivity contribution in [2.45, 2.75) is 32.6 Å². The number of likely N-dealkylation sites (tertiary alicyclic amines) is 1. The Balaban J connectivity index is 1.45. The molecule has 0 spiro atoms. The molecule has 0 bridgehead atoms. The summed E-state index contributed by atoms with van der Waals surface area (Å²) in [7, 11) is 0. The van der Waals surface area contributed by atoms with Crippen molar-refractivity contribution in [3.8, 4) is 0 Å². The fourth-order valence-electron chi connectivity index (χ4n) is 3.02. The lowest BCUT2D eigenvalue weighted by atomic mass is 10.3. The van der Waals surface area contributed by atoms with Gasteiger partial charge < -0.3 is 14.6 Å². The predicted octanol–water partition coefficient (Wildman–Crippen LogP) is 2.25. The van der Waals surface area contributed by atoms with Crippen LogP contribution in [0.25, 0.3) is 5.65 Å². The SMILES string of the molecule is Cc1cccc2nc(C(=O)NCCCCN3CCCC3)cn12. The predicted molar refractivity (Wildman–Crippen MR) is 87.2 cm³/mol. The average molecular weight is 300 g/mol. The van der Waals surface area contributed by atoms with Crippen molar-refractivity contribution in [3.05, 3.63) is 35.8 Å². The van der Waals surface area contributed by atoms with Crippen molar-refractivity contribution < 1.29 is 4.79 Å². The van der Waals surface area contributed by atoms with Gasteiger partial charge >= 0.3 is 0 Å². The summed E-state index contributed by atoms with van der Waals surface area (Å²) >= 11 is 0. The Morgan fingerprint density at radius 1 is 1.27 bits per heavy atom. The summed E-state index contributed by atoms with van der Waals surface area (Å²) in [6.07, 6.45) is 6.65. The molecule has 1 fully saturated rings. The fraction of sp³-hybridized carbons (Fsp3) is 0.529. The summed E-state index contributed by atoms with van der Waals surface area (Å²) in [5, 5.41) is 2.97. The van der Waals surface area contributed by atoms with E-state index in [1.807, 2.05) is 35.7 Å². The van der Waals surface area contributed by atoms with Crippen LogP contribution in [-0.4, -0.2) is 46.4 Å².